The number of ether oxygens (including phenoxy) is 2. The summed E-state index contributed by atoms with van der Waals surface area (Å²) in [7, 11) is 0. The molecule has 0 fully saturated rings. The van der Waals surface area contributed by atoms with Gasteiger partial charge in [0, 0.05) is 12.1 Å². The SMILES string of the molecule is CCOc1cccc(CN)c1OCC(C)CC. The van der Waals surface area contributed by atoms with Crippen molar-refractivity contribution in [3.8, 4) is 11.5 Å². The number of rotatable bonds is 7. The van der Waals surface area contributed by atoms with E-state index in [-0.39, 0.29) is 0 Å². The lowest BCUT2D eigenvalue weighted by Gasteiger charge is -2.17. The van der Waals surface area contributed by atoms with Gasteiger partial charge in [-0.2, -0.15) is 0 Å². The summed E-state index contributed by atoms with van der Waals surface area (Å²) in [6.07, 6.45) is 1.11. The lowest BCUT2D eigenvalue weighted by atomic mass is 10.1. The molecule has 0 heterocycles. The van der Waals surface area contributed by atoms with E-state index in [1.165, 1.54) is 0 Å². The highest BCUT2D eigenvalue weighted by atomic mass is 16.5. The van der Waals surface area contributed by atoms with E-state index < -0.39 is 0 Å². The molecule has 0 spiro atoms. The van der Waals surface area contributed by atoms with Crippen LogP contribution >= 0.6 is 0 Å². The van der Waals surface area contributed by atoms with Crippen LogP contribution in [0, 0.1) is 5.92 Å². The summed E-state index contributed by atoms with van der Waals surface area (Å²) < 4.78 is 11.4. The van der Waals surface area contributed by atoms with Gasteiger partial charge >= 0.3 is 0 Å². The molecule has 0 aliphatic rings. The first-order valence-electron chi connectivity index (χ1n) is 6.30. The van der Waals surface area contributed by atoms with E-state index in [4.69, 9.17) is 15.2 Å². The summed E-state index contributed by atoms with van der Waals surface area (Å²) in [6.45, 7) is 8.10. The highest BCUT2D eigenvalue weighted by molar-refractivity contribution is 5.46. The van der Waals surface area contributed by atoms with Crippen molar-refractivity contribution in [3.05, 3.63) is 23.8 Å². The molecule has 1 unspecified atom stereocenters. The summed E-state index contributed by atoms with van der Waals surface area (Å²) in [5, 5.41) is 0. The topological polar surface area (TPSA) is 44.5 Å². The fourth-order valence-electron chi connectivity index (χ4n) is 1.50. The first kappa shape index (κ1) is 13.8. The molecule has 1 rings (SSSR count). The minimum atomic E-state index is 0.469. The molecule has 0 aliphatic heterocycles. The third-order valence-electron chi connectivity index (χ3n) is 2.79. The molecular formula is C14H23NO2. The Bertz CT molecular complexity index is 339. The van der Waals surface area contributed by atoms with Gasteiger partial charge in [0.15, 0.2) is 11.5 Å². The number of nitrogens with two attached hydrogens (primary N) is 1. The number of hydrogen-bond acceptors (Lipinski definition) is 3. The molecule has 0 saturated heterocycles. The van der Waals surface area contributed by atoms with Crippen LogP contribution in [-0.4, -0.2) is 13.2 Å². The molecule has 1 atom stereocenters. The van der Waals surface area contributed by atoms with Crippen LogP contribution in [0.25, 0.3) is 0 Å². The molecule has 0 saturated carbocycles. The second-order valence-corrected chi connectivity index (χ2v) is 4.21. The van der Waals surface area contributed by atoms with E-state index in [0.29, 0.717) is 25.7 Å². The van der Waals surface area contributed by atoms with E-state index in [0.717, 1.165) is 23.5 Å². The van der Waals surface area contributed by atoms with Gasteiger partial charge in [-0.25, -0.2) is 0 Å². The smallest absolute Gasteiger partial charge is 0.165 e. The van der Waals surface area contributed by atoms with Gasteiger partial charge in [-0.05, 0) is 18.9 Å². The molecule has 0 amide bonds. The van der Waals surface area contributed by atoms with E-state index in [1.807, 2.05) is 25.1 Å². The molecule has 17 heavy (non-hydrogen) atoms. The monoisotopic (exact) mass is 237 g/mol. The molecule has 3 nitrogen and oxygen atoms in total. The maximum atomic E-state index is 5.86. The van der Waals surface area contributed by atoms with Crippen LogP contribution in [0.2, 0.25) is 0 Å². The van der Waals surface area contributed by atoms with Gasteiger partial charge in [0.25, 0.3) is 0 Å². The standard InChI is InChI=1S/C14H23NO2/c1-4-11(3)10-17-14-12(9-15)7-6-8-13(14)16-5-2/h6-8,11H,4-5,9-10,15H2,1-3H3. The molecule has 3 heteroatoms. The van der Waals surface area contributed by atoms with Crippen molar-refractivity contribution in [2.24, 2.45) is 11.7 Å². The largest absolute Gasteiger partial charge is 0.490 e. The minimum absolute atomic E-state index is 0.469. The molecule has 0 bridgehead atoms. The van der Waals surface area contributed by atoms with E-state index in [2.05, 4.69) is 13.8 Å². The molecular weight excluding hydrogens is 214 g/mol. The van der Waals surface area contributed by atoms with Gasteiger partial charge in [0.2, 0.25) is 0 Å². The second kappa shape index (κ2) is 7.17. The van der Waals surface area contributed by atoms with Gasteiger partial charge in [-0.1, -0.05) is 32.4 Å². The summed E-state index contributed by atoms with van der Waals surface area (Å²) in [5.74, 6) is 2.13. The quantitative estimate of drug-likeness (QED) is 0.793. The molecule has 1 aromatic carbocycles. The van der Waals surface area contributed by atoms with Crippen LogP contribution < -0.4 is 15.2 Å². The Balaban J connectivity index is 2.84. The van der Waals surface area contributed by atoms with Crippen LogP contribution in [0.4, 0.5) is 0 Å². The van der Waals surface area contributed by atoms with Gasteiger partial charge in [-0.3, -0.25) is 0 Å². The average Bonchev–Trinajstić information content (AvgIpc) is 2.36. The van der Waals surface area contributed by atoms with Gasteiger partial charge < -0.3 is 15.2 Å². The summed E-state index contributed by atoms with van der Waals surface area (Å²) in [5.41, 5.74) is 6.72. The highest BCUT2D eigenvalue weighted by Gasteiger charge is 2.11. The minimum Gasteiger partial charge on any atom is -0.490 e. The summed E-state index contributed by atoms with van der Waals surface area (Å²) in [6, 6.07) is 5.85. The zero-order valence-corrected chi connectivity index (χ0v) is 11.0. The summed E-state index contributed by atoms with van der Waals surface area (Å²) in [4.78, 5) is 0. The zero-order valence-electron chi connectivity index (χ0n) is 11.0. The number of hydrogen-bond donors (Lipinski definition) is 1. The molecule has 0 aliphatic carbocycles. The van der Waals surface area contributed by atoms with Gasteiger partial charge in [-0.15, -0.1) is 0 Å². The lowest BCUT2D eigenvalue weighted by molar-refractivity contribution is 0.235. The maximum Gasteiger partial charge on any atom is 0.165 e. The predicted molar refractivity (Wildman–Crippen MR) is 70.5 cm³/mol. The van der Waals surface area contributed by atoms with E-state index in [9.17, 15) is 0 Å². The van der Waals surface area contributed by atoms with Gasteiger partial charge in [0.1, 0.15) is 0 Å². The van der Waals surface area contributed by atoms with Crippen molar-refractivity contribution >= 4 is 0 Å². The Labute approximate surface area is 104 Å². The normalized spacial score (nSPS) is 12.2. The van der Waals surface area contributed by atoms with E-state index >= 15 is 0 Å². The molecule has 2 N–H and O–H groups in total. The fourth-order valence-corrected chi connectivity index (χ4v) is 1.50. The van der Waals surface area contributed by atoms with Crippen molar-refractivity contribution in [1.29, 1.82) is 0 Å². The molecule has 1 aromatic rings. The van der Waals surface area contributed by atoms with E-state index in [1.54, 1.807) is 0 Å². The number of para-hydroxylation sites is 1. The highest BCUT2D eigenvalue weighted by Crippen LogP contribution is 2.31. The van der Waals surface area contributed by atoms with Crippen molar-refractivity contribution in [2.45, 2.75) is 33.7 Å². The third kappa shape index (κ3) is 3.93. The molecule has 96 valence electrons. The van der Waals surface area contributed by atoms with Gasteiger partial charge in [0.05, 0.1) is 13.2 Å². The second-order valence-electron chi connectivity index (χ2n) is 4.21. The Morgan fingerprint density at radius 2 is 2.00 bits per heavy atom. The molecule has 0 radical (unpaired) electrons. The number of benzene rings is 1. The Morgan fingerprint density at radius 3 is 2.59 bits per heavy atom. The Hall–Kier alpha value is -1.22. The Kier molecular flexibility index (Phi) is 5.84. The summed E-state index contributed by atoms with van der Waals surface area (Å²) >= 11 is 0. The molecule has 0 aromatic heterocycles. The first-order valence-corrected chi connectivity index (χ1v) is 6.30. The Morgan fingerprint density at radius 1 is 1.24 bits per heavy atom. The van der Waals surface area contributed by atoms with Crippen LogP contribution in [-0.2, 0) is 6.54 Å². The fraction of sp³-hybridized carbons (Fsp3) is 0.571. The van der Waals surface area contributed by atoms with Crippen LogP contribution in [0.3, 0.4) is 0 Å². The lowest BCUT2D eigenvalue weighted by Crippen LogP contribution is -2.11. The maximum absolute atomic E-state index is 5.86. The van der Waals surface area contributed by atoms with Crippen LogP contribution in [0.5, 0.6) is 11.5 Å². The van der Waals surface area contributed by atoms with Crippen molar-refractivity contribution in [2.75, 3.05) is 13.2 Å². The van der Waals surface area contributed by atoms with Crippen LogP contribution in [0.1, 0.15) is 32.8 Å². The predicted octanol–water partition coefficient (Wildman–Crippen LogP) is 2.97. The van der Waals surface area contributed by atoms with Crippen molar-refractivity contribution < 1.29 is 9.47 Å². The zero-order chi connectivity index (χ0) is 12.7. The average molecular weight is 237 g/mol. The van der Waals surface area contributed by atoms with Crippen molar-refractivity contribution in [1.82, 2.24) is 0 Å². The third-order valence-corrected chi connectivity index (χ3v) is 2.79. The first-order chi connectivity index (χ1) is 8.22. The van der Waals surface area contributed by atoms with Crippen LogP contribution in [0.15, 0.2) is 18.2 Å². The van der Waals surface area contributed by atoms with Crippen molar-refractivity contribution in [3.63, 3.8) is 0 Å².